The lowest BCUT2D eigenvalue weighted by Crippen LogP contribution is -2.13. The van der Waals surface area contributed by atoms with E-state index in [-0.39, 0.29) is 23.7 Å². The summed E-state index contributed by atoms with van der Waals surface area (Å²) in [5.41, 5.74) is -0.360. The summed E-state index contributed by atoms with van der Waals surface area (Å²) in [6, 6.07) is 2.50. The van der Waals surface area contributed by atoms with Crippen molar-refractivity contribution in [1.29, 1.82) is 0 Å². The van der Waals surface area contributed by atoms with Crippen molar-refractivity contribution in [2.24, 2.45) is 0 Å². The van der Waals surface area contributed by atoms with Crippen molar-refractivity contribution in [2.75, 3.05) is 11.3 Å². The minimum atomic E-state index is -4.02. The fourth-order valence-electron chi connectivity index (χ4n) is 1.48. The van der Waals surface area contributed by atoms with E-state index in [1.165, 1.54) is 10.9 Å². The zero-order valence-corrected chi connectivity index (χ0v) is 10.9. The highest BCUT2D eigenvalue weighted by Crippen LogP contribution is 2.19. The van der Waals surface area contributed by atoms with Crippen LogP contribution < -0.4 is 4.72 Å². The number of aromatic nitrogens is 2. The molecule has 0 fully saturated rings. The Balaban J connectivity index is 2.26. The monoisotopic (exact) mass is 303 g/mol. The maximum absolute atomic E-state index is 13.4. The molecule has 0 saturated carbocycles. The molecular formula is C11H11F2N3O3S. The number of benzene rings is 1. The number of aliphatic hydroxyl groups excluding tert-OH is 1. The summed E-state index contributed by atoms with van der Waals surface area (Å²) in [7, 11) is -4.02. The van der Waals surface area contributed by atoms with E-state index in [4.69, 9.17) is 5.11 Å². The Morgan fingerprint density at radius 1 is 1.35 bits per heavy atom. The predicted octanol–water partition coefficient (Wildman–Crippen LogP) is 0.954. The van der Waals surface area contributed by atoms with Crippen LogP contribution in [0.2, 0.25) is 0 Å². The minimum absolute atomic E-state index is 0.139. The van der Waals surface area contributed by atoms with E-state index in [1.54, 1.807) is 0 Å². The molecule has 2 aromatic rings. The van der Waals surface area contributed by atoms with Crippen molar-refractivity contribution in [1.82, 2.24) is 9.78 Å². The van der Waals surface area contributed by atoms with Gasteiger partial charge in [-0.2, -0.15) is 5.10 Å². The number of nitrogens with one attached hydrogen (secondary N) is 1. The quantitative estimate of drug-likeness (QED) is 0.861. The molecule has 0 amide bonds. The molecule has 2 rings (SSSR count). The summed E-state index contributed by atoms with van der Waals surface area (Å²) in [5.74, 6) is -1.82. The number of halogens is 2. The van der Waals surface area contributed by atoms with Crippen LogP contribution in [0.4, 0.5) is 14.5 Å². The molecule has 20 heavy (non-hydrogen) atoms. The second-order valence-corrected chi connectivity index (χ2v) is 5.57. The van der Waals surface area contributed by atoms with E-state index in [9.17, 15) is 17.2 Å². The van der Waals surface area contributed by atoms with E-state index >= 15 is 0 Å². The molecule has 0 spiro atoms. The Kier molecular flexibility index (Phi) is 4.00. The lowest BCUT2D eigenvalue weighted by atomic mass is 10.3. The molecule has 0 atom stereocenters. The third-order valence-corrected chi connectivity index (χ3v) is 3.74. The van der Waals surface area contributed by atoms with Crippen molar-refractivity contribution in [3.05, 3.63) is 42.2 Å². The highest BCUT2D eigenvalue weighted by molar-refractivity contribution is 7.92. The largest absolute Gasteiger partial charge is 0.394 e. The average Bonchev–Trinajstić information content (AvgIpc) is 2.83. The van der Waals surface area contributed by atoms with E-state index in [1.807, 2.05) is 4.72 Å². The lowest BCUT2D eigenvalue weighted by Gasteiger charge is -2.07. The number of anilines is 1. The van der Waals surface area contributed by atoms with Crippen LogP contribution in [0.3, 0.4) is 0 Å². The van der Waals surface area contributed by atoms with Crippen LogP contribution in [0.25, 0.3) is 0 Å². The van der Waals surface area contributed by atoms with Gasteiger partial charge in [0.2, 0.25) is 0 Å². The van der Waals surface area contributed by atoms with Gasteiger partial charge in [-0.05, 0) is 12.1 Å². The Hall–Kier alpha value is -2.00. The lowest BCUT2D eigenvalue weighted by molar-refractivity contribution is 0.269. The summed E-state index contributed by atoms with van der Waals surface area (Å²) < 4.78 is 53.3. The average molecular weight is 303 g/mol. The summed E-state index contributed by atoms with van der Waals surface area (Å²) >= 11 is 0. The van der Waals surface area contributed by atoms with Gasteiger partial charge in [0.05, 0.1) is 25.0 Å². The van der Waals surface area contributed by atoms with Gasteiger partial charge in [-0.1, -0.05) is 0 Å². The van der Waals surface area contributed by atoms with Gasteiger partial charge < -0.3 is 5.11 Å². The van der Waals surface area contributed by atoms with E-state index in [2.05, 4.69) is 5.10 Å². The molecule has 1 aromatic heterocycles. The second-order valence-electron chi connectivity index (χ2n) is 3.89. The Bertz CT molecular complexity index is 715. The molecule has 0 unspecified atom stereocenters. The smallest absolute Gasteiger partial charge is 0.265 e. The van der Waals surface area contributed by atoms with Crippen LogP contribution in [0.5, 0.6) is 0 Å². The van der Waals surface area contributed by atoms with Gasteiger partial charge in [0, 0.05) is 12.3 Å². The highest BCUT2D eigenvalue weighted by atomic mass is 32.2. The zero-order valence-electron chi connectivity index (χ0n) is 10.1. The maximum Gasteiger partial charge on any atom is 0.265 e. The standard InChI is InChI=1S/C11H11F2N3O3S/c12-8-1-2-11(10(13)5-8)15-20(18,19)9-6-14-16(7-9)3-4-17/h1-2,5-7,15,17H,3-4H2. The van der Waals surface area contributed by atoms with Crippen LogP contribution >= 0.6 is 0 Å². The summed E-state index contributed by atoms with van der Waals surface area (Å²) in [5, 5.41) is 12.5. The van der Waals surface area contributed by atoms with Crippen LogP contribution in [0, 0.1) is 11.6 Å². The number of hydrogen-bond acceptors (Lipinski definition) is 4. The molecule has 0 aliphatic heterocycles. The molecule has 1 heterocycles. The molecule has 9 heteroatoms. The van der Waals surface area contributed by atoms with E-state index < -0.39 is 21.7 Å². The van der Waals surface area contributed by atoms with Crippen LogP contribution in [0.15, 0.2) is 35.5 Å². The third kappa shape index (κ3) is 3.11. The van der Waals surface area contributed by atoms with Crippen molar-refractivity contribution in [3.8, 4) is 0 Å². The number of sulfonamides is 1. The SMILES string of the molecule is O=S(=O)(Nc1ccc(F)cc1F)c1cnn(CCO)c1. The topological polar surface area (TPSA) is 84.2 Å². The molecule has 0 aliphatic carbocycles. The van der Waals surface area contributed by atoms with Gasteiger partial charge in [0.15, 0.2) is 0 Å². The van der Waals surface area contributed by atoms with Gasteiger partial charge in [0.1, 0.15) is 16.5 Å². The van der Waals surface area contributed by atoms with Gasteiger partial charge >= 0.3 is 0 Å². The first-order chi connectivity index (χ1) is 9.42. The summed E-state index contributed by atoms with van der Waals surface area (Å²) in [6.07, 6.45) is 2.26. The Morgan fingerprint density at radius 3 is 2.75 bits per heavy atom. The van der Waals surface area contributed by atoms with E-state index in [0.29, 0.717) is 6.07 Å². The fraction of sp³-hybridized carbons (Fsp3) is 0.182. The molecule has 2 N–H and O–H groups in total. The normalized spacial score (nSPS) is 11.6. The first-order valence-electron chi connectivity index (χ1n) is 5.53. The molecule has 0 saturated heterocycles. The molecule has 1 aromatic carbocycles. The third-order valence-electron chi connectivity index (χ3n) is 2.42. The van der Waals surface area contributed by atoms with Crippen molar-refractivity contribution < 1.29 is 22.3 Å². The molecule has 6 nitrogen and oxygen atoms in total. The molecule has 0 radical (unpaired) electrons. The minimum Gasteiger partial charge on any atom is -0.394 e. The van der Waals surface area contributed by atoms with Crippen molar-refractivity contribution >= 4 is 15.7 Å². The molecule has 0 aliphatic rings. The summed E-state index contributed by atoms with van der Waals surface area (Å²) in [4.78, 5) is -0.185. The molecular weight excluding hydrogens is 292 g/mol. The van der Waals surface area contributed by atoms with Crippen LogP contribution in [-0.4, -0.2) is 29.9 Å². The first-order valence-corrected chi connectivity index (χ1v) is 7.02. The number of rotatable bonds is 5. The molecule has 108 valence electrons. The molecule has 0 bridgehead atoms. The second kappa shape index (κ2) is 5.55. The van der Waals surface area contributed by atoms with Gasteiger partial charge in [-0.15, -0.1) is 0 Å². The number of aliphatic hydroxyl groups is 1. The fourth-order valence-corrected chi connectivity index (χ4v) is 2.50. The van der Waals surface area contributed by atoms with Gasteiger partial charge in [-0.3, -0.25) is 9.40 Å². The summed E-state index contributed by atoms with van der Waals surface area (Å²) in [6.45, 7) is -0.0540. The van der Waals surface area contributed by atoms with Crippen LogP contribution in [-0.2, 0) is 16.6 Å². The van der Waals surface area contributed by atoms with Crippen LogP contribution in [0.1, 0.15) is 0 Å². The van der Waals surface area contributed by atoms with E-state index in [0.717, 1.165) is 18.3 Å². The number of nitrogens with zero attached hydrogens (tertiary/aromatic N) is 2. The number of hydrogen-bond donors (Lipinski definition) is 2. The Morgan fingerprint density at radius 2 is 2.10 bits per heavy atom. The Labute approximate surface area is 113 Å². The van der Waals surface area contributed by atoms with Crippen molar-refractivity contribution in [2.45, 2.75) is 11.4 Å². The predicted molar refractivity (Wildman–Crippen MR) is 66.5 cm³/mol. The van der Waals surface area contributed by atoms with Gasteiger partial charge in [0.25, 0.3) is 10.0 Å². The first kappa shape index (κ1) is 14.4. The van der Waals surface area contributed by atoms with Crippen molar-refractivity contribution in [3.63, 3.8) is 0 Å². The maximum atomic E-state index is 13.4. The zero-order chi connectivity index (χ0) is 14.8. The van der Waals surface area contributed by atoms with Gasteiger partial charge in [-0.25, -0.2) is 17.2 Å². The highest BCUT2D eigenvalue weighted by Gasteiger charge is 2.18.